The summed E-state index contributed by atoms with van der Waals surface area (Å²) in [5.74, 6) is 0.867. The van der Waals surface area contributed by atoms with Crippen LogP contribution in [0.25, 0.3) is 16.6 Å². The average molecular weight is 454 g/mol. The van der Waals surface area contributed by atoms with Crippen molar-refractivity contribution in [2.75, 3.05) is 25.6 Å². The van der Waals surface area contributed by atoms with Gasteiger partial charge in [-0.05, 0) is 45.1 Å². The Hall–Kier alpha value is -2.98. The van der Waals surface area contributed by atoms with E-state index in [9.17, 15) is 9.90 Å². The van der Waals surface area contributed by atoms with Crippen molar-refractivity contribution >= 4 is 17.4 Å². The lowest BCUT2D eigenvalue weighted by atomic mass is 9.85. The second-order valence-corrected chi connectivity index (χ2v) is 9.17. The zero-order valence-corrected chi connectivity index (χ0v) is 19.1. The van der Waals surface area contributed by atoms with E-state index in [0.29, 0.717) is 25.0 Å². The van der Waals surface area contributed by atoms with Crippen molar-refractivity contribution < 1.29 is 14.6 Å². The third kappa shape index (κ3) is 4.32. The minimum absolute atomic E-state index is 0.0112. The van der Waals surface area contributed by atoms with Gasteiger partial charge in [0.15, 0.2) is 0 Å². The third-order valence-corrected chi connectivity index (χ3v) is 6.70. The maximum absolute atomic E-state index is 12.1. The number of ether oxygens (including phenoxy) is 1. The highest BCUT2D eigenvalue weighted by molar-refractivity contribution is 5.83. The zero-order valence-electron chi connectivity index (χ0n) is 19.1. The molecule has 4 heterocycles. The number of hydrogen-bond donors (Lipinski definition) is 3. The van der Waals surface area contributed by atoms with E-state index in [1.54, 1.807) is 11.8 Å². The largest absolute Gasteiger partial charge is 0.393 e. The number of amides is 1. The first-order valence-electron chi connectivity index (χ1n) is 11.7. The summed E-state index contributed by atoms with van der Waals surface area (Å²) in [7, 11) is 1.67. The molecule has 0 radical (unpaired) electrons. The Bertz CT molecular complexity index is 1130. The van der Waals surface area contributed by atoms with E-state index in [4.69, 9.17) is 9.84 Å². The van der Waals surface area contributed by atoms with Gasteiger partial charge in [0.1, 0.15) is 6.04 Å². The first-order chi connectivity index (χ1) is 16.0. The van der Waals surface area contributed by atoms with Crippen molar-refractivity contribution in [3.05, 3.63) is 30.4 Å². The molecule has 1 saturated heterocycles. The van der Waals surface area contributed by atoms with Gasteiger partial charge in [0.25, 0.3) is 0 Å². The molecule has 3 N–H and O–H groups in total. The van der Waals surface area contributed by atoms with Crippen LogP contribution in [0.1, 0.15) is 56.7 Å². The maximum atomic E-state index is 12.1. The van der Waals surface area contributed by atoms with E-state index >= 15 is 0 Å². The fourth-order valence-corrected chi connectivity index (χ4v) is 4.97. The predicted octanol–water partition coefficient (Wildman–Crippen LogP) is 2.12. The smallest absolute Gasteiger partial charge is 0.244 e. The van der Waals surface area contributed by atoms with Gasteiger partial charge in [-0.2, -0.15) is 5.10 Å². The first kappa shape index (κ1) is 21.8. The van der Waals surface area contributed by atoms with Crippen LogP contribution in [-0.4, -0.2) is 67.8 Å². The molecule has 176 valence electrons. The summed E-state index contributed by atoms with van der Waals surface area (Å²) in [5, 5.41) is 25.5. The molecule has 3 aromatic heterocycles. The number of nitrogens with one attached hydrogen (secondary N) is 2. The number of nitrogens with zero attached hydrogens (tertiary/aromatic N) is 5. The van der Waals surface area contributed by atoms with E-state index in [0.717, 1.165) is 54.4 Å². The van der Waals surface area contributed by atoms with E-state index < -0.39 is 0 Å². The van der Waals surface area contributed by atoms with Crippen molar-refractivity contribution in [3.63, 3.8) is 0 Å². The van der Waals surface area contributed by atoms with Crippen molar-refractivity contribution in [3.8, 4) is 11.1 Å². The Morgan fingerprint density at radius 2 is 2.09 bits per heavy atom. The molecule has 10 nitrogen and oxygen atoms in total. The number of fused-ring (bicyclic) bond motifs is 1. The van der Waals surface area contributed by atoms with Crippen molar-refractivity contribution in [2.24, 2.45) is 0 Å². The van der Waals surface area contributed by atoms with Crippen LogP contribution >= 0.6 is 0 Å². The van der Waals surface area contributed by atoms with Gasteiger partial charge < -0.3 is 20.5 Å². The van der Waals surface area contributed by atoms with E-state index in [1.165, 1.54) is 0 Å². The standard InChI is InChI=1S/C23H31N7O3/c1-14(13-33-2)27-23-25-11-21-18(16-10-26-29(12-16)19-7-8-24-22(19)32)9-20(30(21)28-23)15-3-5-17(31)6-4-15/h9-12,14-15,17,19,31H,3-8,13H2,1-2H3,(H,24,32)(H,27,28)/t14-,15?,17?,19-/m0/s1. The van der Waals surface area contributed by atoms with Crippen molar-refractivity contribution in [2.45, 2.75) is 63.1 Å². The lowest BCUT2D eigenvalue weighted by Gasteiger charge is -2.25. The van der Waals surface area contributed by atoms with E-state index in [-0.39, 0.29) is 24.1 Å². The molecule has 0 spiro atoms. The van der Waals surface area contributed by atoms with Gasteiger partial charge in [0.05, 0.1) is 30.6 Å². The van der Waals surface area contributed by atoms with Gasteiger partial charge in [-0.15, -0.1) is 5.10 Å². The van der Waals surface area contributed by atoms with Gasteiger partial charge in [-0.3, -0.25) is 9.48 Å². The van der Waals surface area contributed by atoms with Crippen LogP contribution < -0.4 is 10.6 Å². The minimum atomic E-state index is -0.263. The monoisotopic (exact) mass is 453 g/mol. The van der Waals surface area contributed by atoms with Crippen LogP contribution in [0.5, 0.6) is 0 Å². The molecule has 2 aliphatic rings. The molecule has 1 amide bonds. The molecule has 0 bridgehead atoms. The summed E-state index contributed by atoms with van der Waals surface area (Å²) in [6, 6.07) is 1.98. The number of rotatable bonds is 7. The highest BCUT2D eigenvalue weighted by atomic mass is 16.5. The molecule has 5 rings (SSSR count). The Labute approximate surface area is 192 Å². The van der Waals surface area contributed by atoms with Crippen LogP contribution in [0.15, 0.2) is 24.7 Å². The summed E-state index contributed by atoms with van der Waals surface area (Å²) >= 11 is 0. The fourth-order valence-electron chi connectivity index (χ4n) is 4.97. The van der Waals surface area contributed by atoms with Crippen LogP contribution in [0.4, 0.5) is 5.95 Å². The predicted molar refractivity (Wildman–Crippen MR) is 123 cm³/mol. The molecule has 0 unspecified atom stereocenters. The van der Waals surface area contributed by atoms with Gasteiger partial charge in [-0.1, -0.05) is 0 Å². The van der Waals surface area contributed by atoms with Crippen LogP contribution in [-0.2, 0) is 9.53 Å². The summed E-state index contributed by atoms with van der Waals surface area (Å²) in [4.78, 5) is 16.7. The number of aliphatic hydroxyl groups excluding tert-OH is 1. The number of aliphatic hydroxyl groups is 1. The molecule has 0 aromatic carbocycles. The molecule has 1 aliphatic carbocycles. The summed E-state index contributed by atoms with van der Waals surface area (Å²) in [5.41, 5.74) is 3.95. The van der Waals surface area contributed by atoms with Crippen LogP contribution in [0.2, 0.25) is 0 Å². The van der Waals surface area contributed by atoms with Crippen molar-refractivity contribution in [1.29, 1.82) is 0 Å². The number of methoxy groups -OCH3 is 1. The van der Waals surface area contributed by atoms with E-state index in [1.807, 2.05) is 30.0 Å². The highest BCUT2D eigenvalue weighted by Crippen LogP contribution is 2.37. The number of hydrogen-bond acceptors (Lipinski definition) is 7. The molecule has 2 atom stereocenters. The lowest BCUT2D eigenvalue weighted by Crippen LogP contribution is -2.23. The lowest BCUT2D eigenvalue weighted by molar-refractivity contribution is -0.122. The Morgan fingerprint density at radius 3 is 2.82 bits per heavy atom. The quantitative estimate of drug-likeness (QED) is 0.501. The molecular weight excluding hydrogens is 422 g/mol. The van der Waals surface area contributed by atoms with Gasteiger partial charge in [0, 0.05) is 48.6 Å². The number of carbonyl (C=O) groups excluding carboxylic acids is 1. The second-order valence-electron chi connectivity index (χ2n) is 9.17. The average Bonchev–Trinajstić information content (AvgIpc) is 3.52. The maximum Gasteiger partial charge on any atom is 0.244 e. The number of anilines is 1. The molecule has 1 saturated carbocycles. The zero-order chi connectivity index (χ0) is 22.9. The molecule has 10 heteroatoms. The molecule has 1 aliphatic heterocycles. The summed E-state index contributed by atoms with van der Waals surface area (Å²) in [6.07, 6.45) is 9.53. The third-order valence-electron chi connectivity index (χ3n) is 6.70. The van der Waals surface area contributed by atoms with Gasteiger partial charge in [0.2, 0.25) is 11.9 Å². The Kier molecular flexibility index (Phi) is 6.03. The van der Waals surface area contributed by atoms with Crippen molar-refractivity contribution in [1.82, 2.24) is 29.7 Å². The Morgan fingerprint density at radius 1 is 1.27 bits per heavy atom. The van der Waals surface area contributed by atoms with Gasteiger partial charge >= 0.3 is 0 Å². The second kappa shape index (κ2) is 9.11. The molecular formula is C23H31N7O3. The molecule has 3 aromatic rings. The summed E-state index contributed by atoms with van der Waals surface area (Å²) in [6.45, 7) is 3.26. The highest BCUT2D eigenvalue weighted by Gasteiger charge is 2.28. The molecule has 33 heavy (non-hydrogen) atoms. The topological polar surface area (TPSA) is 119 Å². The summed E-state index contributed by atoms with van der Waals surface area (Å²) < 4.78 is 8.95. The number of aromatic nitrogens is 5. The fraction of sp³-hybridized carbons (Fsp3) is 0.565. The number of carbonyl (C=O) groups is 1. The van der Waals surface area contributed by atoms with Crippen LogP contribution in [0.3, 0.4) is 0 Å². The molecule has 2 fully saturated rings. The Balaban J connectivity index is 1.53. The normalized spacial score (nSPS) is 24.2. The van der Waals surface area contributed by atoms with Gasteiger partial charge in [-0.25, -0.2) is 9.50 Å². The SMILES string of the molecule is COC[C@H](C)Nc1ncc2c(-c3cnn([C@H]4CCNC4=O)c3)cc(C3CCC(O)CC3)n2n1. The first-order valence-corrected chi connectivity index (χ1v) is 11.7. The minimum Gasteiger partial charge on any atom is -0.393 e. The van der Waals surface area contributed by atoms with E-state index in [2.05, 4.69) is 26.8 Å². The van der Waals surface area contributed by atoms with Crippen LogP contribution in [0, 0.1) is 0 Å².